The highest BCUT2D eigenvalue weighted by Gasteiger charge is 2.31. The molecule has 100 valence electrons. The summed E-state index contributed by atoms with van der Waals surface area (Å²) in [5.74, 6) is 0. The molecule has 0 amide bonds. The van der Waals surface area contributed by atoms with Crippen molar-refractivity contribution in [3.05, 3.63) is 29.3 Å². The van der Waals surface area contributed by atoms with Crippen molar-refractivity contribution in [3.63, 3.8) is 0 Å². The van der Waals surface area contributed by atoms with Gasteiger partial charge in [-0.05, 0) is 44.0 Å². The summed E-state index contributed by atoms with van der Waals surface area (Å²) < 4.78 is 37.9. The summed E-state index contributed by atoms with van der Waals surface area (Å²) >= 11 is 0. The second-order valence-electron chi connectivity index (χ2n) is 4.72. The van der Waals surface area contributed by atoms with Crippen LogP contribution in [0.4, 0.5) is 18.9 Å². The largest absolute Gasteiger partial charge is 0.416 e. The number of benzene rings is 1. The summed E-state index contributed by atoms with van der Waals surface area (Å²) in [6.45, 7) is 3.61. The van der Waals surface area contributed by atoms with Crippen LogP contribution < -0.4 is 10.6 Å². The Bertz CT molecular complexity index is 409. The van der Waals surface area contributed by atoms with Gasteiger partial charge in [-0.1, -0.05) is 6.07 Å². The van der Waals surface area contributed by atoms with Gasteiger partial charge in [0.2, 0.25) is 0 Å². The van der Waals surface area contributed by atoms with Crippen LogP contribution in [-0.4, -0.2) is 19.1 Å². The molecule has 1 fully saturated rings. The molecule has 1 atom stereocenters. The van der Waals surface area contributed by atoms with Gasteiger partial charge in [0.15, 0.2) is 0 Å². The molecule has 2 rings (SSSR count). The van der Waals surface area contributed by atoms with Crippen molar-refractivity contribution in [2.24, 2.45) is 0 Å². The Morgan fingerprint density at radius 3 is 2.72 bits per heavy atom. The third-order valence-electron chi connectivity index (χ3n) is 3.22. The van der Waals surface area contributed by atoms with E-state index in [9.17, 15) is 13.2 Å². The fourth-order valence-electron chi connectivity index (χ4n) is 2.15. The van der Waals surface area contributed by atoms with Gasteiger partial charge < -0.3 is 10.6 Å². The molecule has 1 heterocycles. The van der Waals surface area contributed by atoms with E-state index in [0.29, 0.717) is 5.69 Å². The molecular formula is C13H17F3N2. The van der Waals surface area contributed by atoms with Gasteiger partial charge in [-0.15, -0.1) is 0 Å². The van der Waals surface area contributed by atoms with Crippen LogP contribution in [-0.2, 0) is 6.18 Å². The molecule has 1 unspecified atom stereocenters. The number of hydrogen-bond acceptors (Lipinski definition) is 2. The van der Waals surface area contributed by atoms with E-state index in [2.05, 4.69) is 10.6 Å². The van der Waals surface area contributed by atoms with Gasteiger partial charge in [0.25, 0.3) is 0 Å². The first-order valence-electron chi connectivity index (χ1n) is 6.12. The summed E-state index contributed by atoms with van der Waals surface area (Å²) in [6, 6.07) is 4.05. The highest BCUT2D eigenvalue weighted by molar-refractivity contribution is 5.54. The van der Waals surface area contributed by atoms with E-state index in [1.54, 1.807) is 0 Å². The van der Waals surface area contributed by atoms with Crippen molar-refractivity contribution in [3.8, 4) is 0 Å². The molecule has 0 aromatic heterocycles. The zero-order chi connectivity index (χ0) is 13.2. The van der Waals surface area contributed by atoms with Crippen molar-refractivity contribution in [1.29, 1.82) is 0 Å². The molecule has 0 aliphatic carbocycles. The molecule has 1 aromatic carbocycles. The summed E-state index contributed by atoms with van der Waals surface area (Å²) in [4.78, 5) is 0. The number of anilines is 1. The standard InChI is InChI=1S/C13H17F3N2/c1-9-4-5-10(13(14,15)16)7-12(9)18-11-3-2-6-17-8-11/h4-5,7,11,17-18H,2-3,6,8H2,1H3. The monoisotopic (exact) mass is 258 g/mol. The quantitative estimate of drug-likeness (QED) is 0.851. The first-order valence-corrected chi connectivity index (χ1v) is 6.12. The lowest BCUT2D eigenvalue weighted by Crippen LogP contribution is -2.38. The Labute approximate surface area is 105 Å². The summed E-state index contributed by atoms with van der Waals surface area (Å²) in [5, 5.41) is 6.43. The summed E-state index contributed by atoms with van der Waals surface area (Å²) in [6.07, 6.45) is -2.24. The molecule has 0 radical (unpaired) electrons. The minimum absolute atomic E-state index is 0.209. The van der Waals surface area contributed by atoms with E-state index in [4.69, 9.17) is 0 Å². The number of rotatable bonds is 2. The van der Waals surface area contributed by atoms with Crippen LogP contribution in [0, 0.1) is 6.92 Å². The van der Waals surface area contributed by atoms with E-state index in [1.807, 2.05) is 6.92 Å². The molecular weight excluding hydrogens is 241 g/mol. The third-order valence-corrected chi connectivity index (χ3v) is 3.22. The van der Waals surface area contributed by atoms with Gasteiger partial charge >= 0.3 is 6.18 Å². The first-order chi connectivity index (χ1) is 8.47. The van der Waals surface area contributed by atoms with Gasteiger partial charge in [-0.25, -0.2) is 0 Å². The highest BCUT2D eigenvalue weighted by Crippen LogP contribution is 2.32. The minimum atomic E-state index is -4.28. The van der Waals surface area contributed by atoms with Crippen molar-refractivity contribution in [2.45, 2.75) is 32.0 Å². The SMILES string of the molecule is Cc1ccc(C(F)(F)F)cc1NC1CCCNC1. The second kappa shape index (κ2) is 5.18. The third kappa shape index (κ3) is 3.16. The fourth-order valence-corrected chi connectivity index (χ4v) is 2.15. The maximum absolute atomic E-state index is 12.6. The molecule has 2 nitrogen and oxygen atoms in total. The summed E-state index contributed by atoms with van der Waals surface area (Å²) in [5.41, 5.74) is 0.825. The topological polar surface area (TPSA) is 24.1 Å². The van der Waals surface area contributed by atoms with Crippen molar-refractivity contribution >= 4 is 5.69 Å². The summed E-state index contributed by atoms with van der Waals surface area (Å²) in [7, 11) is 0. The Kier molecular flexibility index (Phi) is 3.80. The average Bonchev–Trinajstić information content (AvgIpc) is 2.32. The first kappa shape index (κ1) is 13.2. The molecule has 2 N–H and O–H groups in total. The molecule has 18 heavy (non-hydrogen) atoms. The zero-order valence-corrected chi connectivity index (χ0v) is 10.3. The van der Waals surface area contributed by atoms with E-state index in [-0.39, 0.29) is 6.04 Å². The van der Waals surface area contributed by atoms with Gasteiger partial charge in [-0.3, -0.25) is 0 Å². The Morgan fingerprint density at radius 2 is 2.11 bits per heavy atom. The van der Waals surface area contributed by atoms with Crippen LogP contribution in [0.15, 0.2) is 18.2 Å². The molecule has 5 heteroatoms. The molecule has 1 aliphatic rings. The van der Waals surface area contributed by atoms with E-state index in [0.717, 1.165) is 37.6 Å². The number of piperidine rings is 1. The van der Waals surface area contributed by atoms with Crippen molar-refractivity contribution < 1.29 is 13.2 Å². The molecule has 1 aromatic rings. The maximum atomic E-state index is 12.6. The molecule has 1 aliphatic heterocycles. The predicted octanol–water partition coefficient (Wildman–Crippen LogP) is 3.18. The van der Waals surface area contributed by atoms with Crippen LogP contribution in [0.25, 0.3) is 0 Å². The molecule has 1 saturated heterocycles. The second-order valence-corrected chi connectivity index (χ2v) is 4.72. The Hall–Kier alpha value is -1.23. The lowest BCUT2D eigenvalue weighted by atomic mass is 10.0. The lowest BCUT2D eigenvalue weighted by molar-refractivity contribution is -0.137. The molecule has 0 bridgehead atoms. The van der Waals surface area contributed by atoms with Gasteiger partial charge in [0.1, 0.15) is 0 Å². The smallest absolute Gasteiger partial charge is 0.381 e. The molecule has 0 spiro atoms. The van der Waals surface area contributed by atoms with Crippen molar-refractivity contribution in [1.82, 2.24) is 5.32 Å². The fraction of sp³-hybridized carbons (Fsp3) is 0.538. The number of halogens is 3. The number of alkyl halides is 3. The normalized spacial score (nSPS) is 20.8. The molecule has 0 saturated carbocycles. The maximum Gasteiger partial charge on any atom is 0.416 e. The Morgan fingerprint density at radius 1 is 1.33 bits per heavy atom. The highest BCUT2D eigenvalue weighted by atomic mass is 19.4. The minimum Gasteiger partial charge on any atom is -0.381 e. The Balaban J connectivity index is 2.15. The number of aryl methyl sites for hydroxylation is 1. The van der Waals surface area contributed by atoms with E-state index in [1.165, 1.54) is 12.1 Å². The number of nitrogens with one attached hydrogen (secondary N) is 2. The van der Waals surface area contributed by atoms with Crippen LogP contribution in [0.3, 0.4) is 0 Å². The predicted molar refractivity (Wildman–Crippen MR) is 65.7 cm³/mol. The average molecular weight is 258 g/mol. The van der Waals surface area contributed by atoms with E-state index < -0.39 is 11.7 Å². The van der Waals surface area contributed by atoms with Crippen LogP contribution in [0.5, 0.6) is 0 Å². The lowest BCUT2D eigenvalue weighted by Gasteiger charge is -2.26. The van der Waals surface area contributed by atoms with Crippen molar-refractivity contribution in [2.75, 3.05) is 18.4 Å². The van der Waals surface area contributed by atoms with Crippen LogP contribution >= 0.6 is 0 Å². The van der Waals surface area contributed by atoms with Crippen LogP contribution in [0.1, 0.15) is 24.0 Å². The van der Waals surface area contributed by atoms with Gasteiger partial charge in [-0.2, -0.15) is 13.2 Å². The van der Waals surface area contributed by atoms with Gasteiger partial charge in [0.05, 0.1) is 5.56 Å². The van der Waals surface area contributed by atoms with Gasteiger partial charge in [0, 0.05) is 18.3 Å². The van der Waals surface area contributed by atoms with E-state index >= 15 is 0 Å². The number of hydrogen-bond donors (Lipinski definition) is 2. The zero-order valence-electron chi connectivity index (χ0n) is 10.3. The van der Waals surface area contributed by atoms with Crippen LogP contribution in [0.2, 0.25) is 0 Å².